The zero-order chi connectivity index (χ0) is 8.10. The molecule has 0 aromatic carbocycles. The van der Waals surface area contributed by atoms with Gasteiger partial charge in [-0.25, -0.2) is 0 Å². The van der Waals surface area contributed by atoms with Crippen LogP contribution in [0.15, 0.2) is 0 Å². The van der Waals surface area contributed by atoms with Gasteiger partial charge < -0.3 is 10.0 Å². The number of hydrogen-bond donors (Lipinski definition) is 1. The van der Waals surface area contributed by atoms with Crippen molar-refractivity contribution < 1.29 is 9.90 Å². The van der Waals surface area contributed by atoms with E-state index < -0.39 is 0 Å². The van der Waals surface area contributed by atoms with Crippen molar-refractivity contribution in [1.82, 2.24) is 4.90 Å². The van der Waals surface area contributed by atoms with Crippen LogP contribution in [-0.2, 0) is 4.79 Å². The molecule has 0 spiro atoms. The van der Waals surface area contributed by atoms with Gasteiger partial charge in [-0.05, 0) is 19.3 Å². The summed E-state index contributed by atoms with van der Waals surface area (Å²) in [5.41, 5.74) is 0. The van der Waals surface area contributed by atoms with Gasteiger partial charge in [-0.1, -0.05) is 0 Å². The third-order valence-electron chi connectivity index (χ3n) is 1.93. The Kier molecular flexibility index (Phi) is 3.36. The summed E-state index contributed by atoms with van der Waals surface area (Å²) in [5, 5.41) is 8.46. The highest BCUT2D eigenvalue weighted by Crippen LogP contribution is 2.08. The van der Waals surface area contributed by atoms with E-state index in [4.69, 9.17) is 5.11 Å². The lowest BCUT2D eigenvalue weighted by atomic mass is 10.1. The summed E-state index contributed by atoms with van der Waals surface area (Å²) in [5.74, 6) is -0.0211. The summed E-state index contributed by atoms with van der Waals surface area (Å²) in [6.07, 6.45) is 4.75. The molecule has 1 N–H and O–H groups in total. The number of nitrogens with zero attached hydrogens (tertiary/aromatic N) is 1. The van der Waals surface area contributed by atoms with E-state index in [9.17, 15) is 4.79 Å². The van der Waals surface area contributed by atoms with Crippen LogP contribution in [0.2, 0.25) is 0 Å². The van der Waals surface area contributed by atoms with E-state index in [1.54, 1.807) is 4.90 Å². The largest absolute Gasteiger partial charge is 0.396 e. The molecule has 0 aliphatic carbocycles. The maximum atomic E-state index is 11.1. The molecular weight excluding hydrogens is 142 g/mol. The minimum absolute atomic E-state index is 0.0211. The molecule has 1 amide bonds. The molecule has 1 saturated heterocycles. The quantitative estimate of drug-likeness (QED) is 0.620. The SMILES string of the molecule is O=C([CH]CO)N1CCCCC1. The highest BCUT2D eigenvalue weighted by atomic mass is 16.3. The van der Waals surface area contributed by atoms with Crippen LogP contribution < -0.4 is 0 Å². The number of rotatable bonds is 2. The van der Waals surface area contributed by atoms with Gasteiger partial charge in [-0.2, -0.15) is 0 Å². The van der Waals surface area contributed by atoms with Crippen molar-refractivity contribution >= 4 is 5.91 Å². The van der Waals surface area contributed by atoms with E-state index in [0.717, 1.165) is 25.9 Å². The summed E-state index contributed by atoms with van der Waals surface area (Å²) in [6.45, 7) is 1.57. The van der Waals surface area contributed by atoms with Gasteiger partial charge in [0.05, 0.1) is 13.0 Å². The fourth-order valence-corrected chi connectivity index (χ4v) is 1.32. The topological polar surface area (TPSA) is 40.5 Å². The van der Waals surface area contributed by atoms with Gasteiger partial charge in [0.2, 0.25) is 5.91 Å². The number of likely N-dealkylation sites (tertiary alicyclic amines) is 1. The highest BCUT2D eigenvalue weighted by Gasteiger charge is 2.15. The first-order valence-corrected chi connectivity index (χ1v) is 4.07. The molecule has 1 heterocycles. The van der Waals surface area contributed by atoms with Crippen molar-refractivity contribution in [3.63, 3.8) is 0 Å². The van der Waals surface area contributed by atoms with Gasteiger partial charge in [0, 0.05) is 13.1 Å². The van der Waals surface area contributed by atoms with Crippen molar-refractivity contribution in [1.29, 1.82) is 0 Å². The average molecular weight is 156 g/mol. The average Bonchev–Trinajstić information content (AvgIpc) is 2.07. The fourth-order valence-electron chi connectivity index (χ4n) is 1.32. The number of aliphatic hydroxyl groups is 1. The number of piperidine rings is 1. The van der Waals surface area contributed by atoms with E-state index >= 15 is 0 Å². The molecule has 1 fully saturated rings. The predicted molar refractivity (Wildman–Crippen MR) is 41.8 cm³/mol. The second-order valence-corrected chi connectivity index (χ2v) is 2.77. The molecule has 3 heteroatoms. The van der Waals surface area contributed by atoms with Gasteiger partial charge >= 0.3 is 0 Å². The molecule has 0 bridgehead atoms. The van der Waals surface area contributed by atoms with Crippen LogP contribution in [0.1, 0.15) is 19.3 Å². The standard InChI is InChI=1S/C8H14NO2/c10-7-4-8(11)9-5-2-1-3-6-9/h4,10H,1-3,5-7H2. The molecule has 0 aromatic rings. The van der Waals surface area contributed by atoms with Gasteiger partial charge in [-0.3, -0.25) is 4.79 Å². The molecule has 0 aromatic heterocycles. The maximum absolute atomic E-state index is 11.1. The molecule has 1 radical (unpaired) electrons. The van der Waals surface area contributed by atoms with Crippen LogP contribution in [0.25, 0.3) is 0 Å². The smallest absolute Gasteiger partial charge is 0.228 e. The first kappa shape index (κ1) is 8.53. The van der Waals surface area contributed by atoms with E-state index in [2.05, 4.69) is 0 Å². The Morgan fingerprint density at radius 3 is 2.55 bits per heavy atom. The fraction of sp³-hybridized carbons (Fsp3) is 0.750. The van der Waals surface area contributed by atoms with E-state index in [0.29, 0.717) is 0 Å². The van der Waals surface area contributed by atoms with Gasteiger partial charge in [0.1, 0.15) is 0 Å². The maximum Gasteiger partial charge on any atom is 0.228 e. The predicted octanol–water partition coefficient (Wildman–Crippen LogP) is 0.195. The lowest BCUT2D eigenvalue weighted by Crippen LogP contribution is -2.36. The van der Waals surface area contributed by atoms with Crippen LogP contribution in [0.3, 0.4) is 0 Å². The summed E-state index contributed by atoms with van der Waals surface area (Å²) < 4.78 is 0. The lowest BCUT2D eigenvalue weighted by molar-refractivity contribution is -0.128. The summed E-state index contributed by atoms with van der Waals surface area (Å²) in [7, 11) is 0. The molecule has 1 aliphatic heterocycles. The second kappa shape index (κ2) is 4.34. The Labute approximate surface area is 67.0 Å². The van der Waals surface area contributed by atoms with Crippen molar-refractivity contribution in [2.24, 2.45) is 0 Å². The molecule has 0 unspecified atom stereocenters. The summed E-state index contributed by atoms with van der Waals surface area (Å²) in [4.78, 5) is 12.9. The number of aliphatic hydroxyl groups excluding tert-OH is 1. The van der Waals surface area contributed by atoms with Gasteiger partial charge in [-0.15, -0.1) is 0 Å². The van der Waals surface area contributed by atoms with Gasteiger partial charge in [0.25, 0.3) is 0 Å². The Morgan fingerprint density at radius 2 is 2.00 bits per heavy atom. The monoisotopic (exact) mass is 156 g/mol. The first-order valence-electron chi connectivity index (χ1n) is 4.07. The Bertz CT molecular complexity index is 130. The van der Waals surface area contributed by atoms with E-state index in [1.165, 1.54) is 12.8 Å². The number of amides is 1. The van der Waals surface area contributed by atoms with Crippen LogP contribution >= 0.6 is 0 Å². The minimum atomic E-state index is -0.144. The molecule has 1 aliphatic rings. The summed E-state index contributed by atoms with van der Waals surface area (Å²) >= 11 is 0. The Morgan fingerprint density at radius 1 is 1.36 bits per heavy atom. The molecule has 3 nitrogen and oxygen atoms in total. The second-order valence-electron chi connectivity index (χ2n) is 2.77. The number of carbonyl (C=O) groups excluding carboxylic acids is 1. The molecule has 11 heavy (non-hydrogen) atoms. The van der Waals surface area contributed by atoms with Crippen molar-refractivity contribution in [2.75, 3.05) is 19.7 Å². The van der Waals surface area contributed by atoms with Crippen LogP contribution in [0.5, 0.6) is 0 Å². The van der Waals surface area contributed by atoms with E-state index in [-0.39, 0.29) is 12.5 Å². The lowest BCUT2D eigenvalue weighted by Gasteiger charge is -2.26. The Balaban J connectivity index is 2.27. The zero-order valence-corrected chi connectivity index (χ0v) is 6.62. The molecular formula is C8H14NO2. The number of carbonyl (C=O) groups is 1. The molecule has 0 atom stereocenters. The van der Waals surface area contributed by atoms with Crippen molar-refractivity contribution in [3.05, 3.63) is 6.42 Å². The van der Waals surface area contributed by atoms with Crippen molar-refractivity contribution in [3.8, 4) is 0 Å². The number of hydrogen-bond acceptors (Lipinski definition) is 2. The first-order chi connectivity index (χ1) is 5.34. The molecule has 63 valence electrons. The third kappa shape index (κ3) is 2.50. The van der Waals surface area contributed by atoms with Crippen LogP contribution in [-0.4, -0.2) is 35.6 Å². The highest BCUT2D eigenvalue weighted by molar-refractivity contribution is 5.84. The van der Waals surface area contributed by atoms with Crippen molar-refractivity contribution in [2.45, 2.75) is 19.3 Å². The van der Waals surface area contributed by atoms with Gasteiger partial charge in [0.15, 0.2) is 0 Å². The third-order valence-corrected chi connectivity index (χ3v) is 1.93. The van der Waals surface area contributed by atoms with E-state index in [1.807, 2.05) is 0 Å². The van der Waals surface area contributed by atoms with Crippen LogP contribution in [0, 0.1) is 6.42 Å². The zero-order valence-electron chi connectivity index (χ0n) is 6.62. The normalized spacial score (nSPS) is 18.5. The molecule has 1 rings (SSSR count). The van der Waals surface area contributed by atoms with Crippen LogP contribution in [0.4, 0.5) is 0 Å². The molecule has 0 saturated carbocycles. The minimum Gasteiger partial charge on any atom is -0.396 e. The Hall–Kier alpha value is -0.570. The summed E-state index contributed by atoms with van der Waals surface area (Å²) in [6, 6.07) is 0.